The van der Waals surface area contributed by atoms with Gasteiger partial charge in [-0.3, -0.25) is 4.90 Å². The van der Waals surface area contributed by atoms with Crippen LogP contribution in [-0.4, -0.2) is 62.3 Å². The van der Waals surface area contributed by atoms with Crippen LogP contribution in [0.3, 0.4) is 0 Å². The Balaban J connectivity index is 1.42. The number of nitrogens with zero attached hydrogens (tertiary/aromatic N) is 2. The molecule has 2 atom stereocenters. The van der Waals surface area contributed by atoms with E-state index in [1.54, 1.807) is 0 Å². The summed E-state index contributed by atoms with van der Waals surface area (Å²) in [4.78, 5) is 5.16. The first kappa shape index (κ1) is 11.9. The number of piperidine rings is 1. The maximum atomic E-state index is 5.34. The van der Waals surface area contributed by atoms with Gasteiger partial charge in [0, 0.05) is 31.1 Å². The molecule has 0 aromatic carbocycles. The van der Waals surface area contributed by atoms with Crippen LogP contribution in [0, 0.1) is 11.3 Å². The van der Waals surface area contributed by atoms with Gasteiger partial charge in [-0.1, -0.05) is 0 Å². The van der Waals surface area contributed by atoms with Crippen LogP contribution in [0.4, 0.5) is 0 Å². The lowest BCUT2D eigenvalue weighted by Crippen LogP contribution is -2.67. The third kappa shape index (κ3) is 2.38. The van der Waals surface area contributed by atoms with Crippen molar-refractivity contribution in [3.8, 4) is 0 Å². The lowest BCUT2D eigenvalue weighted by Gasteiger charge is -2.57. The Hall–Kier alpha value is -0.120. The highest BCUT2D eigenvalue weighted by Gasteiger charge is 2.50. The Morgan fingerprint density at radius 3 is 2.71 bits per heavy atom. The Morgan fingerprint density at radius 1 is 1.35 bits per heavy atom. The summed E-state index contributed by atoms with van der Waals surface area (Å²) >= 11 is 0. The summed E-state index contributed by atoms with van der Waals surface area (Å²) in [6.45, 7) is 9.64. The second-order valence-corrected chi connectivity index (χ2v) is 6.75. The quantitative estimate of drug-likeness (QED) is 0.740. The molecule has 3 fully saturated rings. The molecule has 98 valence electrons. The van der Waals surface area contributed by atoms with Gasteiger partial charge in [-0.2, -0.15) is 0 Å². The van der Waals surface area contributed by atoms with Gasteiger partial charge in [0.2, 0.25) is 0 Å². The standard InChI is InChI=1S/C14H26N2O/c1-12(6-13-4-3-5-15(2)7-13)16-8-14(9-16)10-17-11-14/h12-13H,3-11H2,1-2H3. The van der Waals surface area contributed by atoms with Gasteiger partial charge in [-0.15, -0.1) is 0 Å². The van der Waals surface area contributed by atoms with Crippen LogP contribution in [0.25, 0.3) is 0 Å². The van der Waals surface area contributed by atoms with E-state index in [-0.39, 0.29) is 0 Å². The number of hydrogen-bond donors (Lipinski definition) is 0. The van der Waals surface area contributed by atoms with E-state index in [1.165, 1.54) is 45.4 Å². The smallest absolute Gasteiger partial charge is 0.0569 e. The van der Waals surface area contributed by atoms with E-state index in [4.69, 9.17) is 4.74 Å². The molecule has 0 aromatic heterocycles. The zero-order chi connectivity index (χ0) is 11.9. The first-order valence-corrected chi connectivity index (χ1v) is 7.17. The second-order valence-electron chi connectivity index (χ2n) is 6.75. The SMILES string of the molecule is CC(CC1CCCN(C)C1)N1CC2(COC2)C1. The Kier molecular flexibility index (Phi) is 3.18. The molecular weight excluding hydrogens is 212 g/mol. The van der Waals surface area contributed by atoms with E-state index in [0.717, 1.165) is 25.2 Å². The van der Waals surface area contributed by atoms with Crippen LogP contribution in [0.1, 0.15) is 26.2 Å². The predicted molar refractivity (Wildman–Crippen MR) is 69.1 cm³/mol. The highest BCUT2D eigenvalue weighted by molar-refractivity contribution is 5.01. The van der Waals surface area contributed by atoms with Crippen LogP contribution in [0.5, 0.6) is 0 Å². The van der Waals surface area contributed by atoms with Crippen LogP contribution >= 0.6 is 0 Å². The molecule has 1 spiro atoms. The molecule has 0 aliphatic carbocycles. The van der Waals surface area contributed by atoms with Gasteiger partial charge in [0.15, 0.2) is 0 Å². The van der Waals surface area contributed by atoms with E-state index in [0.29, 0.717) is 5.41 Å². The van der Waals surface area contributed by atoms with Crippen molar-refractivity contribution < 1.29 is 4.74 Å². The lowest BCUT2D eigenvalue weighted by atomic mass is 9.76. The molecule has 3 saturated heterocycles. The number of likely N-dealkylation sites (tertiary alicyclic amines) is 2. The van der Waals surface area contributed by atoms with Crippen molar-refractivity contribution in [2.45, 2.75) is 32.2 Å². The molecule has 3 aliphatic heterocycles. The van der Waals surface area contributed by atoms with Gasteiger partial charge in [0.1, 0.15) is 0 Å². The number of hydrogen-bond acceptors (Lipinski definition) is 3. The van der Waals surface area contributed by atoms with Crippen molar-refractivity contribution in [3.63, 3.8) is 0 Å². The molecule has 0 amide bonds. The molecule has 3 heteroatoms. The minimum atomic E-state index is 0.581. The minimum Gasteiger partial charge on any atom is -0.380 e. The van der Waals surface area contributed by atoms with Gasteiger partial charge < -0.3 is 9.64 Å². The Morgan fingerprint density at radius 2 is 2.12 bits per heavy atom. The first-order chi connectivity index (χ1) is 8.17. The summed E-state index contributed by atoms with van der Waals surface area (Å²) in [6, 6.07) is 0.776. The molecule has 3 nitrogen and oxygen atoms in total. The van der Waals surface area contributed by atoms with Gasteiger partial charge in [0.05, 0.1) is 13.2 Å². The van der Waals surface area contributed by atoms with E-state index >= 15 is 0 Å². The topological polar surface area (TPSA) is 15.7 Å². The van der Waals surface area contributed by atoms with Crippen molar-refractivity contribution in [2.24, 2.45) is 11.3 Å². The van der Waals surface area contributed by atoms with Crippen molar-refractivity contribution >= 4 is 0 Å². The summed E-state index contributed by atoms with van der Waals surface area (Å²) < 4.78 is 5.34. The second kappa shape index (κ2) is 4.52. The molecular formula is C14H26N2O. The third-order valence-corrected chi connectivity index (χ3v) is 4.91. The van der Waals surface area contributed by atoms with Gasteiger partial charge in [-0.05, 0) is 45.7 Å². The van der Waals surface area contributed by atoms with Gasteiger partial charge >= 0.3 is 0 Å². The maximum absolute atomic E-state index is 5.34. The summed E-state index contributed by atoms with van der Waals surface area (Å²) in [5, 5.41) is 0. The molecule has 0 saturated carbocycles. The molecule has 2 unspecified atom stereocenters. The van der Waals surface area contributed by atoms with Crippen molar-refractivity contribution in [1.29, 1.82) is 0 Å². The van der Waals surface area contributed by atoms with E-state index in [2.05, 4.69) is 23.8 Å². The average Bonchev–Trinajstić information content (AvgIpc) is 2.12. The molecule has 0 aromatic rings. The lowest BCUT2D eigenvalue weighted by molar-refractivity contribution is -0.198. The summed E-state index contributed by atoms with van der Waals surface area (Å²) in [5.41, 5.74) is 0.581. The number of rotatable bonds is 3. The van der Waals surface area contributed by atoms with Gasteiger partial charge in [-0.25, -0.2) is 0 Å². The highest BCUT2D eigenvalue weighted by Crippen LogP contribution is 2.39. The Labute approximate surface area is 105 Å². The largest absolute Gasteiger partial charge is 0.380 e. The van der Waals surface area contributed by atoms with E-state index in [1.807, 2.05) is 0 Å². The van der Waals surface area contributed by atoms with Crippen LogP contribution < -0.4 is 0 Å². The molecule has 17 heavy (non-hydrogen) atoms. The predicted octanol–water partition coefficient (Wildman–Crippen LogP) is 1.44. The maximum Gasteiger partial charge on any atom is 0.0569 e. The van der Waals surface area contributed by atoms with Crippen LogP contribution in [0.2, 0.25) is 0 Å². The fraction of sp³-hybridized carbons (Fsp3) is 1.00. The fourth-order valence-electron chi connectivity index (χ4n) is 3.80. The normalized spacial score (nSPS) is 35.3. The zero-order valence-corrected chi connectivity index (χ0v) is 11.3. The van der Waals surface area contributed by atoms with Crippen LogP contribution in [-0.2, 0) is 4.74 Å². The molecule has 0 radical (unpaired) electrons. The average molecular weight is 238 g/mol. The molecule has 0 N–H and O–H groups in total. The number of ether oxygens (including phenoxy) is 1. The van der Waals surface area contributed by atoms with Crippen molar-refractivity contribution in [1.82, 2.24) is 9.80 Å². The van der Waals surface area contributed by atoms with Crippen molar-refractivity contribution in [2.75, 3.05) is 46.4 Å². The minimum absolute atomic E-state index is 0.581. The van der Waals surface area contributed by atoms with E-state index < -0.39 is 0 Å². The zero-order valence-electron chi connectivity index (χ0n) is 11.3. The van der Waals surface area contributed by atoms with Gasteiger partial charge in [0.25, 0.3) is 0 Å². The van der Waals surface area contributed by atoms with E-state index in [9.17, 15) is 0 Å². The fourth-order valence-corrected chi connectivity index (χ4v) is 3.80. The Bertz CT molecular complexity index is 269. The summed E-state index contributed by atoms with van der Waals surface area (Å²) in [7, 11) is 2.27. The molecule has 0 bridgehead atoms. The first-order valence-electron chi connectivity index (χ1n) is 7.17. The molecule has 3 aliphatic rings. The third-order valence-electron chi connectivity index (χ3n) is 4.91. The highest BCUT2D eigenvalue weighted by atomic mass is 16.5. The monoisotopic (exact) mass is 238 g/mol. The molecule has 3 heterocycles. The summed E-state index contributed by atoms with van der Waals surface area (Å²) in [5.74, 6) is 0.929. The summed E-state index contributed by atoms with van der Waals surface area (Å²) in [6.07, 6.45) is 4.23. The van der Waals surface area contributed by atoms with Crippen LogP contribution in [0.15, 0.2) is 0 Å². The van der Waals surface area contributed by atoms with Crippen molar-refractivity contribution in [3.05, 3.63) is 0 Å². The molecule has 3 rings (SSSR count).